The molecule has 5 heteroatoms. The lowest BCUT2D eigenvalue weighted by Crippen LogP contribution is -2.12. The molecule has 0 atom stereocenters. The zero-order chi connectivity index (χ0) is 14.8. The molecule has 5 nitrogen and oxygen atoms in total. The summed E-state index contributed by atoms with van der Waals surface area (Å²) in [5, 5.41) is 4.22. The van der Waals surface area contributed by atoms with E-state index in [2.05, 4.69) is 5.10 Å². The van der Waals surface area contributed by atoms with Crippen molar-refractivity contribution in [2.45, 2.75) is 31.8 Å². The van der Waals surface area contributed by atoms with Gasteiger partial charge in [-0.25, -0.2) is 0 Å². The second-order valence-electron chi connectivity index (χ2n) is 5.43. The minimum absolute atomic E-state index is 0.262. The first-order chi connectivity index (χ1) is 10.2. The van der Waals surface area contributed by atoms with E-state index in [9.17, 15) is 0 Å². The third-order valence-electron chi connectivity index (χ3n) is 4.06. The van der Waals surface area contributed by atoms with E-state index >= 15 is 0 Å². The number of nitrogens with zero attached hydrogens (tertiary/aromatic N) is 2. The van der Waals surface area contributed by atoms with Crippen LogP contribution in [-0.2, 0) is 7.05 Å². The van der Waals surface area contributed by atoms with Crippen LogP contribution in [0.5, 0.6) is 11.5 Å². The van der Waals surface area contributed by atoms with Crippen molar-refractivity contribution in [2.75, 3.05) is 12.8 Å². The van der Waals surface area contributed by atoms with Gasteiger partial charge in [-0.05, 0) is 31.7 Å². The van der Waals surface area contributed by atoms with Crippen molar-refractivity contribution in [2.24, 2.45) is 7.05 Å². The molecule has 0 unspecified atom stereocenters. The van der Waals surface area contributed by atoms with Gasteiger partial charge in [-0.1, -0.05) is 12.1 Å². The van der Waals surface area contributed by atoms with Crippen LogP contribution in [0, 0.1) is 0 Å². The summed E-state index contributed by atoms with van der Waals surface area (Å²) in [7, 11) is 3.49. The molecule has 0 bridgehead atoms. The summed E-state index contributed by atoms with van der Waals surface area (Å²) in [5.74, 6) is 2.13. The van der Waals surface area contributed by atoms with Gasteiger partial charge in [0, 0.05) is 18.2 Å². The molecule has 1 aromatic carbocycles. The summed E-state index contributed by atoms with van der Waals surface area (Å²) in [5.41, 5.74) is 7.92. The van der Waals surface area contributed by atoms with Gasteiger partial charge < -0.3 is 15.2 Å². The SMILES string of the molecule is COc1cccc(-c2cnn(C)c2N)c1OC1CCCC1. The van der Waals surface area contributed by atoms with Gasteiger partial charge in [-0.2, -0.15) is 5.10 Å². The van der Waals surface area contributed by atoms with Crippen molar-refractivity contribution >= 4 is 5.82 Å². The average Bonchev–Trinajstić information content (AvgIpc) is 3.11. The molecule has 1 aliphatic rings. The largest absolute Gasteiger partial charge is 0.493 e. The number of anilines is 1. The molecular weight excluding hydrogens is 266 g/mol. The number of benzene rings is 1. The Morgan fingerprint density at radius 3 is 2.62 bits per heavy atom. The van der Waals surface area contributed by atoms with E-state index in [4.69, 9.17) is 15.2 Å². The number of hydrogen-bond donors (Lipinski definition) is 1. The Morgan fingerprint density at radius 2 is 2.00 bits per heavy atom. The van der Waals surface area contributed by atoms with E-state index in [1.807, 2.05) is 25.2 Å². The first kappa shape index (κ1) is 13.8. The number of methoxy groups -OCH3 is 1. The maximum absolute atomic E-state index is 6.23. The van der Waals surface area contributed by atoms with E-state index in [0.29, 0.717) is 5.82 Å². The number of nitrogen functional groups attached to an aromatic ring is 1. The standard InChI is InChI=1S/C16H21N3O2/c1-19-16(17)13(10-18-19)12-8-5-9-14(20-2)15(12)21-11-6-3-4-7-11/h5,8-11H,3-4,6-7,17H2,1-2H3. The van der Waals surface area contributed by atoms with Gasteiger partial charge in [-0.3, -0.25) is 4.68 Å². The number of hydrogen-bond acceptors (Lipinski definition) is 4. The third kappa shape index (κ3) is 2.55. The molecule has 1 aliphatic carbocycles. The molecule has 0 amide bonds. The quantitative estimate of drug-likeness (QED) is 0.939. The fraction of sp³-hybridized carbons (Fsp3) is 0.438. The van der Waals surface area contributed by atoms with Gasteiger partial charge in [0.15, 0.2) is 11.5 Å². The van der Waals surface area contributed by atoms with E-state index < -0.39 is 0 Å². The first-order valence-corrected chi connectivity index (χ1v) is 7.32. The van der Waals surface area contributed by atoms with Crippen LogP contribution in [-0.4, -0.2) is 23.0 Å². The summed E-state index contributed by atoms with van der Waals surface area (Å²) in [6, 6.07) is 5.86. The Kier molecular flexibility index (Phi) is 3.73. The molecule has 2 aromatic rings. The Morgan fingerprint density at radius 1 is 1.24 bits per heavy atom. The Bertz CT molecular complexity index is 630. The lowest BCUT2D eigenvalue weighted by Gasteiger charge is -2.19. The lowest BCUT2D eigenvalue weighted by atomic mass is 10.1. The minimum atomic E-state index is 0.262. The summed E-state index contributed by atoms with van der Waals surface area (Å²) in [6.45, 7) is 0. The molecule has 3 rings (SSSR count). The van der Waals surface area contributed by atoms with Crippen molar-refractivity contribution in [3.63, 3.8) is 0 Å². The molecule has 0 radical (unpaired) electrons. The first-order valence-electron chi connectivity index (χ1n) is 7.32. The molecule has 1 heterocycles. The van der Waals surface area contributed by atoms with Gasteiger partial charge in [-0.15, -0.1) is 0 Å². The number of ether oxygens (including phenoxy) is 2. The molecule has 0 spiro atoms. The van der Waals surface area contributed by atoms with Gasteiger partial charge in [0.2, 0.25) is 0 Å². The Balaban J connectivity index is 2.04. The lowest BCUT2D eigenvalue weighted by molar-refractivity contribution is 0.202. The van der Waals surface area contributed by atoms with Crippen molar-refractivity contribution in [1.29, 1.82) is 0 Å². The monoisotopic (exact) mass is 287 g/mol. The second kappa shape index (κ2) is 5.68. The average molecular weight is 287 g/mol. The Labute approximate surface area is 124 Å². The second-order valence-corrected chi connectivity index (χ2v) is 5.43. The van der Waals surface area contributed by atoms with Crippen LogP contribution in [0.25, 0.3) is 11.1 Å². The van der Waals surface area contributed by atoms with E-state index in [0.717, 1.165) is 35.5 Å². The molecule has 1 saturated carbocycles. The fourth-order valence-corrected chi connectivity index (χ4v) is 2.84. The van der Waals surface area contributed by atoms with E-state index in [1.54, 1.807) is 18.0 Å². The van der Waals surface area contributed by atoms with E-state index in [-0.39, 0.29) is 6.10 Å². The number of nitrogens with two attached hydrogens (primary N) is 1. The van der Waals surface area contributed by atoms with Gasteiger partial charge in [0.05, 0.1) is 19.4 Å². The molecular formula is C16H21N3O2. The van der Waals surface area contributed by atoms with Crippen molar-refractivity contribution in [3.8, 4) is 22.6 Å². The molecule has 0 aliphatic heterocycles. The molecule has 21 heavy (non-hydrogen) atoms. The highest BCUT2D eigenvalue weighted by molar-refractivity contribution is 5.80. The van der Waals surface area contributed by atoms with Crippen molar-refractivity contribution in [1.82, 2.24) is 9.78 Å². The van der Waals surface area contributed by atoms with Crippen molar-refractivity contribution in [3.05, 3.63) is 24.4 Å². The fourth-order valence-electron chi connectivity index (χ4n) is 2.84. The van der Waals surface area contributed by atoms with Crippen LogP contribution in [0.1, 0.15) is 25.7 Å². The van der Waals surface area contributed by atoms with Crippen LogP contribution in [0.15, 0.2) is 24.4 Å². The van der Waals surface area contributed by atoms with Crippen molar-refractivity contribution < 1.29 is 9.47 Å². The third-order valence-corrected chi connectivity index (χ3v) is 4.06. The minimum Gasteiger partial charge on any atom is -0.493 e. The van der Waals surface area contributed by atoms with Gasteiger partial charge >= 0.3 is 0 Å². The van der Waals surface area contributed by atoms with E-state index in [1.165, 1.54) is 12.8 Å². The summed E-state index contributed by atoms with van der Waals surface area (Å²) < 4.78 is 13.4. The molecule has 1 aromatic heterocycles. The number of para-hydroxylation sites is 1. The summed E-state index contributed by atoms with van der Waals surface area (Å²) in [4.78, 5) is 0. The van der Waals surface area contributed by atoms with Crippen LogP contribution in [0.2, 0.25) is 0 Å². The predicted molar refractivity (Wildman–Crippen MR) is 82.5 cm³/mol. The molecule has 2 N–H and O–H groups in total. The van der Waals surface area contributed by atoms with Crippen LogP contribution < -0.4 is 15.2 Å². The zero-order valence-corrected chi connectivity index (χ0v) is 12.5. The maximum atomic E-state index is 6.23. The maximum Gasteiger partial charge on any atom is 0.169 e. The van der Waals surface area contributed by atoms with Crippen LogP contribution in [0.4, 0.5) is 5.82 Å². The molecule has 0 saturated heterocycles. The molecule has 1 fully saturated rings. The molecule has 112 valence electrons. The number of aromatic nitrogens is 2. The number of rotatable bonds is 4. The van der Waals surface area contributed by atoms with Gasteiger partial charge in [0.25, 0.3) is 0 Å². The normalized spacial score (nSPS) is 15.3. The zero-order valence-electron chi connectivity index (χ0n) is 12.5. The van der Waals surface area contributed by atoms with Crippen LogP contribution in [0.3, 0.4) is 0 Å². The number of aryl methyl sites for hydroxylation is 1. The highest BCUT2D eigenvalue weighted by Crippen LogP contribution is 2.41. The highest BCUT2D eigenvalue weighted by Gasteiger charge is 2.22. The Hall–Kier alpha value is -2.17. The summed E-state index contributed by atoms with van der Waals surface area (Å²) >= 11 is 0. The van der Waals surface area contributed by atoms with Gasteiger partial charge in [0.1, 0.15) is 5.82 Å². The topological polar surface area (TPSA) is 62.3 Å². The van der Waals surface area contributed by atoms with Crippen LogP contribution >= 0.6 is 0 Å². The summed E-state index contributed by atoms with van der Waals surface area (Å²) in [6.07, 6.45) is 6.68. The highest BCUT2D eigenvalue weighted by atomic mass is 16.5. The smallest absolute Gasteiger partial charge is 0.169 e. The predicted octanol–water partition coefficient (Wildman–Crippen LogP) is 3.00.